The van der Waals surface area contributed by atoms with Crippen LogP contribution in [0.25, 0.3) is 0 Å². The predicted octanol–water partition coefficient (Wildman–Crippen LogP) is 2.59. The van der Waals surface area contributed by atoms with E-state index in [0.717, 1.165) is 17.7 Å². The van der Waals surface area contributed by atoms with Crippen LogP contribution < -0.4 is 10.1 Å². The SMILES string of the molecule is COC[C@H](Cc1ccccc1)n1cc(COc2cccc3c2CN(C2CCC(=O)NC2=O)C3=O)[nH]1. The van der Waals surface area contributed by atoms with E-state index in [-0.39, 0.29) is 30.8 Å². The Hall–Kier alpha value is -3.85. The maximum absolute atomic E-state index is 13.0. The molecule has 2 aliphatic rings. The molecular formula is C26H28N4O5. The smallest absolute Gasteiger partial charge is 0.255 e. The van der Waals surface area contributed by atoms with E-state index >= 15 is 0 Å². The summed E-state index contributed by atoms with van der Waals surface area (Å²) in [5.41, 5.74) is 3.45. The number of hydrogen-bond donors (Lipinski definition) is 2. The molecule has 0 spiro atoms. The highest BCUT2D eigenvalue weighted by atomic mass is 16.5. The minimum absolute atomic E-state index is 0.145. The van der Waals surface area contributed by atoms with Crippen LogP contribution in [-0.2, 0) is 33.9 Å². The number of fused-ring (bicyclic) bond motifs is 1. The van der Waals surface area contributed by atoms with Gasteiger partial charge in [0.05, 0.1) is 24.9 Å². The Morgan fingerprint density at radius 2 is 1.89 bits per heavy atom. The lowest BCUT2D eigenvalue weighted by Crippen LogP contribution is -2.52. The van der Waals surface area contributed by atoms with Crippen LogP contribution >= 0.6 is 0 Å². The number of ether oxygens (including phenoxy) is 2. The number of aromatic nitrogens is 2. The second-order valence-corrected chi connectivity index (χ2v) is 8.94. The van der Waals surface area contributed by atoms with Crippen LogP contribution in [0, 0.1) is 0 Å². The molecule has 9 nitrogen and oxygen atoms in total. The molecule has 2 aliphatic heterocycles. The molecule has 3 amide bonds. The number of aromatic amines is 1. The Labute approximate surface area is 203 Å². The van der Waals surface area contributed by atoms with E-state index in [9.17, 15) is 14.4 Å². The summed E-state index contributed by atoms with van der Waals surface area (Å²) in [6.07, 6.45) is 3.41. The monoisotopic (exact) mass is 476 g/mol. The number of carbonyl (C=O) groups is 3. The van der Waals surface area contributed by atoms with Gasteiger partial charge >= 0.3 is 0 Å². The van der Waals surface area contributed by atoms with Crippen molar-refractivity contribution in [1.29, 1.82) is 0 Å². The van der Waals surface area contributed by atoms with E-state index in [2.05, 4.69) is 22.5 Å². The number of amides is 3. The summed E-state index contributed by atoms with van der Waals surface area (Å²) in [7, 11) is 1.70. The Morgan fingerprint density at radius 3 is 2.63 bits per heavy atom. The van der Waals surface area contributed by atoms with E-state index in [4.69, 9.17) is 9.47 Å². The van der Waals surface area contributed by atoms with Crippen molar-refractivity contribution in [1.82, 2.24) is 20.0 Å². The normalized spacial score (nSPS) is 18.5. The number of methoxy groups -OCH3 is 1. The Morgan fingerprint density at radius 1 is 1.09 bits per heavy atom. The lowest BCUT2D eigenvalue weighted by molar-refractivity contribution is -0.136. The molecule has 2 atom stereocenters. The Bertz CT molecular complexity index is 1220. The zero-order valence-corrected chi connectivity index (χ0v) is 19.5. The fraction of sp³-hybridized carbons (Fsp3) is 0.346. The predicted molar refractivity (Wildman–Crippen MR) is 127 cm³/mol. The zero-order valence-electron chi connectivity index (χ0n) is 19.5. The third-order valence-electron chi connectivity index (χ3n) is 6.56. The van der Waals surface area contributed by atoms with Gasteiger partial charge in [-0.2, -0.15) is 0 Å². The van der Waals surface area contributed by atoms with E-state index in [0.29, 0.717) is 30.9 Å². The summed E-state index contributed by atoms with van der Waals surface area (Å²) in [6.45, 7) is 1.18. The van der Waals surface area contributed by atoms with Crippen LogP contribution in [0.15, 0.2) is 54.7 Å². The van der Waals surface area contributed by atoms with Crippen molar-refractivity contribution < 1.29 is 23.9 Å². The van der Waals surface area contributed by atoms with Crippen molar-refractivity contribution in [2.75, 3.05) is 13.7 Å². The highest BCUT2D eigenvalue weighted by Crippen LogP contribution is 2.34. The summed E-state index contributed by atoms with van der Waals surface area (Å²) in [5, 5.41) is 5.66. The average molecular weight is 477 g/mol. The number of carbonyl (C=O) groups excluding carboxylic acids is 3. The zero-order chi connectivity index (χ0) is 24.4. The maximum atomic E-state index is 13.0. The average Bonchev–Trinajstić information content (AvgIpc) is 3.16. The van der Waals surface area contributed by atoms with Crippen molar-refractivity contribution in [3.63, 3.8) is 0 Å². The summed E-state index contributed by atoms with van der Waals surface area (Å²) < 4.78 is 13.5. The number of hydrogen-bond acceptors (Lipinski definition) is 5. The van der Waals surface area contributed by atoms with E-state index in [1.54, 1.807) is 19.2 Å². The molecule has 35 heavy (non-hydrogen) atoms. The molecular weight excluding hydrogens is 448 g/mol. The van der Waals surface area contributed by atoms with Gasteiger partial charge in [0.1, 0.15) is 18.4 Å². The first-order valence-electron chi connectivity index (χ1n) is 11.7. The van der Waals surface area contributed by atoms with Crippen LogP contribution in [-0.4, -0.2) is 52.2 Å². The Balaban J connectivity index is 1.23. The summed E-state index contributed by atoms with van der Waals surface area (Å²) >= 11 is 0. The lowest BCUT2D eigenvalue weighted by Gasteiger charge is -2.29. The van der Waals surface area contributed by atoms with Crippen LogP contribution in [0.2, 0.25) is 0 Å². The third kappa shape index (κ3) is 4.72. The van der Waals surface area contributed by atoms with Gasteiger partial charge in [0.25, 0.3) is 5.91 Å². The number of rotatable bonds is 9. The third-order valence-corrected chi connectivity index (χ3v) is 6.56. The molecule has 2 aromatic carbocycles. The molecule has 0 radical (unpaired) electrons. The first-order valence-corrected chi connectivity index (χ1v) is 11.7. The van der Waals surface area contributed by atoms with Crippen molar-refractivity contribution >= 4 is 17.7 Å². The number of benzene rings is 2. The second kappa shape index (κ2) is 9.79. The van der Waals surface area contributed by atoms with Crippen molar-refractivity contribution in [3.8, 4) is 5.75 Å². The molecule has 182 valence electrons. The fourth-order valence-corrected chi connectivity index (χ4v) is 4.76. The summed E-state index contributed by atoms with van der Waals surface area (Å²) in [4.78, 5) is 38.3. The van der Waals surface area contributed by atoms with Crippen molar-refractivity contribution in [2.24, 2.45) is 0 Å². The fourth-order valence-electron chi connectivity index (χ4n) is 4.76. The molecule has 0 bridgehead atoms. The van der Waals surface area contributed by atoms with Crippen LogP contribution in [0.5, 0.6) is 5.75 Å². The quantitative estimate of drug-likeness (QED) is 0.462. The molecule has 5 rings (SSSR count). The molecule has 1 fully saturated rings. The molecule has 0 saturated carbocycles. The minimum Gasteiger partial charge on any atom is -0.487 e. The molecule has 1 unspecified atom stereocenters. The first-order chi connectivity index (χ1) is 17.0. The van der Waals surface area contributed by atoms with Gasteiger partial charge in [0.2, 0.25) is 11.8 Å². The highest BCUT2D eigenvalue weighted by Gasteiger charge is 2.40. The van der Waals surface area contributed by atoms with Crippen LogP contribution in [0.1, 0.15) is 46.1 Å². The molecule has 3 aromatic rings. The molecule has 2 N–H and O–H groups in total. The first kappa shape index (κ1) is 22.9. The van der Waals surface area contributed by atoms with Crippen molar-refractivity contribution in [3.05, 3.63) is 77.1 Å². The minimum atomic E-state index is -0.646. The van der Waals surface area contributed by atoms with Gasteiger partial charge < -0.3 is 14.4 Å². The number of nitrogens with zero attached hydrogens (tertiary/aromatic N) is 2. The molecule has 3 heterocycles. The lowest BCUT2D eigenvalue weighted by atomic mass is 10.0. The number of imide groups is 1. The molecule has 1 aromatic heterocycles. The van der Waals surface area contributed by atoms with Gasteiger partial charge in [-0.05, 0) is 30.5 Å². The Kier molecular flexibility index (Phi) is 6.41. The maximum Gasteiger partial charge on any atom is 0.255 e. The van der Waals surface area contributed by atoms with E-state index in [1.165, 1.54) is 10.5 Å². The van der Waals surface area contributed by atoms with Gasteiger partial charge in [-0.1, -0.05) is 36.4 Å². The highest BCUT2D eigenvalue weighted by molar-refractivity contribution is 6.05. The molecule has 1 saturated heterocycles. The van der Waals surface area contributed by atoms with E-state index in [1.807, 2.05) is 35.1 Å². The second-order valence-electron chi connectivity index (χ2n) is 8.94. The van der Waals surface area contributed by atoms with Gasteiger partial charge in [0, 0.05) is 30.9 Å². The standard InChI is InChI=1S/C26H28N4O5/c1-34-16-19(12-17-6-3-2-4-7-17)30-13-18(28-30)15-35-23-9-5-8-20-21(23)14-29(26(20)33)22-10-11-24(31)27-25(22)32/h2-9,13,19,22,28H,10-12,14-16H2,1H3,(H,27,31,32)/t19-,22?/m0/s1. The van der Waals surface area contributed by atoms with Crippen molar-refractivity contribution in [2.45, 2.75) is 44.5 Å². The topological polar surface area (TPSA) is 106 Å². The summed E-state index contributed by atoms with van der Waals surface area (Å²) in [6, 6.07) is 15.1. The van der Waals surface area contributed by atoms with Crippen LogP contribution in [0.3, 0.4) is 0 Å². The number of H-pyrrole nitrogens is 1. The number of piperidine rings is 1. The van der Waals surface area contributed by atoms with Gasteiger partial charge in [-0.15, -0.1) is 0 Å². The van der Waals surface area contributed by atoms with Crippen LogP contribution in [0.4, 0.5) is 0 Å². The van der Waals surface area contributed by atoms with Gasteiger partial charge in [-0.25, -0.2) is 0 Å². The summed E-state index contributed by atoms with van der Waals surface area (Å²) in [5.74, 6) is -0.318. The van der Waals surface area contributed by atoms with Gasteiger partial charge in [-0.3, -0.25) is 29.5 Å². The molecule has 0 aliphatic carbocycles. The number of nitrogens with one attached hydrogen (secondary N) is 2. The molecule has 9 heteroatoms. The van der Waals surface area contributed by atoms with E-state index < -0.39 is 11.9 Å². The van der Waals surface area contributed by atoms with Gasteiger partial charge in [0.15, 0.2) is 0 Å². The largest absolute Gasteiger partial charge is 0.487 e.